The van der Waals surface area contributed by atoms with E-state index in [1.54, 1.807) is 6.07 Å². The number of carbonyl (C=O) groups excluding carboxylic acids is 2. The Bertz CT molecular complexity index is 1310. The van der Waals surface area contributed by atoms with Crippen LogP contribution in [0.3, 0.4) is 0 Å². The quantitative estimate of drug-likeness (QED) is 0.461. The highest BCUT2D eigenvalue weighted by atomic mass is 35.5. The summed E-state index contributed by atoms with van der Waals surface area (Å²) in [6.07, 6.45) is 0. The number of hydrogen-bond acceptors (Lipinski definition) is 4. The number of benzene rings is 3. The average molecular weight is 490 g/mol. The Morgan fingerprint density at radius 2 is 1.70 bits per heavy atom. The van der Waals surface area contributed by atoms with Crippen LogP contribution in [0.5, 0.6) is 0 Å². The molecule has 0 aliphatic carbocycles. The Balaban J connectivity index is 1.70. The van der Waals surface area contributed by atoms with Crippen molar-refractivity contribution in [2.45, 2.75) is 18.7 Å². The Hall–Kier alpha value is -3.43. The summed E-state index contributed by atoms with van der Waals surface area (Å²) in [6, 6.07) is 13.9. The lowest BCUT2D eigenvalue weighted by molar-refractivity contribution is -0.115. The molecular weight excluding hydrogens is 469 g/mol. The number of amides is 2. The molecule has 0 radical (unpaired) electrons. The molecule has 0 saturated carbocycles. The molecule has 0 atom stereocenters. The van der Waals surface area contributed by atoms with Crippen LogP contribution in [0.25, 0.3) is 0 Å². The van der Waals surface area contributed by atoms with Crippen LogP contribution < -0.4 is 15.4 Å². The van der Waals surface area contributed by atoms with E-state index in [9.17, 15) is 22.4 Å². The highest BCUT2D eigenvalue weighted by Crippen LogP contribution is 2.25. The maximum Gasteiger partial charge on any atom is 0.263 e. The number of anilines is 2. The molecule has 0 aliphatic rings. The first-order valence-corrected chi connectivity index (χ1v) is 11.6. The lowest BCUT2D eigenvalue weighted by atomic mass is 10.1. The monoisotopic (exact) mass is 489 g/mol. The SMILES string of the molecule is Cc1cccc(NC(=O)CNC(=O)c2ccc(Cl)c(S(=O)(=O)Nc3ccc(F)cc3)c2)c1C. The first-order valence-electron chi connectivity index (χ1n) is 9.79. The summed E-state index contributed by atoms with van der Waals surface area (Å²) in [7, 11) is -4.16. The zero-order valence-corrected chi connectivity index (χ0v) is 19.4. The number of aryl methyl sites for hydroxylation is 1. The second kappa shape index (κ2) is 10.0. The fourth-order valence-corrected chi connectivity index (χ4v) is 4.51. The van der Waals surface area contributed by atoms with Crippen molar-refractivity contribution in [3.8, 4) is 0 Å². The van der Waals surface area contributed by atoms with Crippen molar-refractivity contribution < 1.29 is 22.4 Å². The fraction of sp³-hybridized carbons (Fsp3) is 0.130. The minimum absolute atomic E-state index is 0.00147. The normalized spacial score (nSPS) is 11.0. The Labute approximate surface area is 196 Å². The first kappa shape index (κ1) is 24.2. The third-order valence-electron chi connectivity index (χ3n) is 4.87. The van der Waals surface area contributed by atoms with Crippen molar-refractivity contribution in [3.05, 3.63) is 88.2 Å². The molecular formula is C23H21ClFN3O4S. The van der Waals surface area contributed by atoms with Crippen LogP contribution in [0.1, 0.15) is 21.5 Å². The lowest BCUT2D eigenvalue weighted by Crippen LogP contribution is -2.33. The predicted molar refractivity (Wildman–Crippen MR) is 126 cm³/mol. The molecule has 3 aromatic carbocycles. The number of sulfonamides is 1. The van der Waals surface area contributed by atoms with Gasteiger partial charge in [0.2, 0.25) is 5.91 Å². The molecule has 0 saturated heterocycles. The summed E-state index contributed by atoms with van der Waals surface area (Å²) < 4.78 is 40.8. The van der Waals surface area contributed by atoms with Gasteiger partial charge in [-0.25, -0.2) is 12.8 Å². The molecule has 10 heteroatoms. The summed E-state index contributed by atoms with van der Waals surface area (Å²) in [4.78, 5) is 24.4. The largest absolute Gasteiger partial charge is 0.343 e. The Kier molecular flexibility index (Phi) is 7.35. The van der Waals surface area contributed by atoms with E-state index in [1.165, 1.54) is 24.3 Å². The predicted octanol–water partition coefficient (Wildman–Crippen LogP) is 4.27. The minimum Gasteiger partial charge on any atom is -0.343 e. The van der Waals surface area contributed by atoms with Crippen LogP contribution in [0.4, 0.5) is 15.8 Å². The summed E-state index contributed by atoms with van der Waals surface area (Å²) in [5, 5.41) is 5.08. The van der Waals surface area contributed by atoms with Gasteiger partial charge in [-0.05, 0) is 73.5 Å². The van der Waals surface area contributed by atoms with E-state index in [1.807, 2.05) is 26.0 Å². The van der Waals surface area contributed by atoms with Gasteiger partial charge >= 0.3 is 0 Å². The summed E-state index contributed by atoms with van der Waals surface area (Å²) in [6.45, 7) is 3.48. The molecule has 0 spiro atoms. The van der Waals surface area contributed by atoms with Gasteiger partial charge in [0, 0.05) is 16.9 Å². The van der Waals surface area contributed by atoms with Crippen LogP contribution in [-0.4, -0.2) is 26.8 Å². The molecule has 3 aromatic rings. The average Bonchev–Trinajstić information content (AvgIpc) is 2.77. The maximum atomic E-state index is 13.1. The molecule has 172 valence electrons. The molecule has 0 heterocycles. The standard InChI is InChI=1S/C23H21ClFN3O4S/c1-14-4-3-5-20(15(14)2)27-22(29)13-26-23(30)16-6-11-19(24)21(12-16)33(31,32)28-18-9-7-17(25)8-10-18/h3-12,28H,13H2,1-2H3,(H,26,30)(H,27,29). The summed E-state index contributed by atoms with van der Waals surface area (Å²) in [5.74, 6) is -1.60. The Morgan fingerprint density at radius 1 is 1.00 bits per heavy atom. The molecule has 0 aliphatic heterocycles. The smallest absolute Gasteiger partial charge is 0.263 e. The van der Waals surface area contributed by atoms with Crippen molar-refractivity contribution in [2.24, 2.45) is 0 Å². The molecule has 33 heavy (non-hydrogen) atoms. The van der Waals surface area contributed by atoms with Gasteiger partial charge in [-0.15, -0.1) is 0 Å². The van der Waals surface area contributed by atoms with E-state index in [4.69, 9.17) is 11.6 Å². The van der Waals surface area contributed by atoms with E-state index >= 15 is 0 Å². The minimum atomic E-state index is -4.16. The first-order chi connectivity index (χ1) is 15.6. The van der Waals surface area contributed by atoms with Gasteiger partial charge in [0.05, 0.1) is 11.6 Å². The van der Waals surface area contributed by atoms with Crippen LogP contribution in [0.2, 0.25) is 5.02 Å². The van der Waals surface area contributed by atoms with Crippen molar-refractivity contribution in [2.75, 3.05) is 16.6 Å². The summed E-state index contributed by atoms with van der Waals surface area (Å²) in [5.41, 5.74) is 2.70. The highest BCUT2D eigenvalue weighted by Gasteiger charge is 2.21. The van der Waals surface area contributed by atoms with E-state index < -0.39 is 27.7 Å². The zero-order chi connectivity index (χ0) is 24.2. The van der Waals surface area contributed by atoms with Crippen LogP contribution in [0.15, 0.2) is 65.6 Å². The number of rotatable bonds is 7. The molecule has 0 bridgehead atoms. The lowest BCUT2D eigenvalue weighted by Gasteiger charge is -2.12. The van der Waals surface area contributed by atoms with E-state index in [2.05, 4.69) is 15.4 Å². The van der Waals surface area contributed by atoms with Crippen LogP contribution in [0, 0.1) is 19.7 Å². The summed E-state index contributed by atoms with van der Waals surface area (Å²) >= 11 is 6.05. The third kappa shape index (κ3) is 6.09. The van der Waals surface area contributed by atoms with Gasteiger partial charge in [-0.2, -0.15) is 0 Å². The number of halogens is 2. The molecule has 0 unspecified atom stereocenters. The highest BCUT2D eigenvalue weighted by molar-refractivity contribution is 7.92. The molecule has 3 rings (SSSR count). The maximum absolute atomic E-state index is 13.1. The Morgan fingerprint density at radius 3 is 2.39 bits per heavy atom. The van der Waals surface area contributed by atoms with Crippen molar-refractivity contribution in [1.82, 2.24) is 5.32 Å². The van der Waals surface area contributed by atoms with Crippen molar-refractivity contribution >= 4 is 44.8 Å². The van der Waals surface area contributed by atoms with E-state index in [0.717, 1.165) is 29.3 Å². The van der Waals surface area contributed by atoms with E-state index in [-0.39, 0.29) is 27.7 Å². The van der Waals surface area contributed by atoms with Crippen LogP contribution in [-0.2, 0) is 14.8 Å². The third-order valence-corrected chi connectivity index (χ3v) is 6.73. The van der Waals surface area contributed by atoms with Gasteiger partial charge in [-0.3, -0.25) is 14.3 Å². The molecule has 7 nitrogen and oxygen atoms in total. The van der Waals surface area contributed by atoms with Gasteiger partial charge in [0.1, 0.15) is 10.7 Å². The molecule has 2 amide bonds. The number of nitrogens with one attached hydrogen (secondary N) is 3. The van der Waals surface area contributed by atoms with Gasteiger partial charge in [0.15, 0.2) is 0 Å². The van der Waals surface area contributed by atoms with Gasteiger partial charge in [-0.1, -0.05) is 23.7 Å². The van der Waals surface area contributed by atoms with Crippen LogP contribution >= 0.6 is 11.6 Å². The number of hydrogen-bond donors (Lipinski definition) is 3. The second-order valence-corrected chi connectivity index (χ2v) is 9.29. The zero-order valence-electron chi connectivity index (χ0n) is 17.8. The number of carbonyl (C=O) groups is 2. The topological polar surface area (TPSA) is 104 Å². The molecule has 0 aromatic heterocycles. The van der Waals surface area contributed by atoms with Crippen molar-refractivity contribution in [1.29, 1.82) is 0 Å². The van der Waals surface area contributed by atoms with Gasteiger partial charge in [0.25, 0.3) is 15.9 Å². The van der Waals surface area contributed by atoms with E-state index in [0.29, 0.717) is 5.69 Å². The molecule has 3 N–H and O–H groups in total. The molecule has 0 fully saturated rings. The van der Waals surface area contributed by atoms with Crippen molar-refractivity contribution in [3.63, 3.8) is 0 Å². The fourth-order valence-electron chi connectivity index (χ4n) is 2.92. The second-order valence-electron chi connectivity index (χ2n) is 7.24. The van der Waals surface area contributed by atoms with Gasteiger partial charge < -0.3 is 10.6 Å².